The number of nitrogens with zero attached hydrogens (tertiary/aromatic N) is 1. The third-order valence-electron chi connectivity index (χ3n) is 3.16. The van der Waals surface area contributed by atoms with Crippen LogP contribution in [-0.4, -0.2) is 31.7 Å². The van der Waals surface area contributed by atoms with Gasteiger partial charge in [-0.25, -0.2) is 0 Å². The average molecular weight is 314 g/mol. The van der Waals surface area contributed by atoms with E-state index in [0.29, 0.717) is 16.3 Å². The molecule has 2 rings (SSSR count). The number of amides is 1. The second-order valence-electron chi connectivity index (χ2n) is 4.58. The van der Waals surface area contributed by atoms with Crippen LogP contribution in [0.4, 0.5) is 5.69 Å². The van der Waals surface area contributed by atoms with Crippen LogP contribution in [0.3, 0.4) is 0 Å². The summed E-state index contributed by atoms with van der Waals surface area (Å²) >= 11 is 5.88. The summed E-state index contributed by atoms with van der Waals surface area (Å²) in [6, 6.07) is 4.84. The molecule has 100 valence electrons. The summed E-state index contributed by atoms with van der Waals surface area (Å²) in [5.74, 6) is -1.03. The van der Waals surface area contributed by atoms with Gasteiger partial charge in [-0.2, -0.15) is 8.42 Å². The number of halogens is 1. The van der Waals surface area contributed by atoms with Crippen molar-refractivity contribution in [3.63, 3.8) is 0 Å². The Morgan fingerprint density at radius 2 is 2.05 bits per heavy atom. The maximum absolute atomic E-state index is 12.2. The van der Waals surface area contributed by atoms with Gasteiger partial charge in [-0.05, 0) is 30.7 Å². The molecule has 1 N–H and O–H groups in total. The molecule has 1 atom stereocenters. The number of fused-ring (bicyclic) bond motifs is 1. The van der Waals surface area contributed by atoms with E-state index in [1.54, 1.807) is 25.2 Å². The molecule has 0 radical (unpaired) electrons. The topological polar surface area (TPSA) is 74.7 Å². The quantitative estimate of drug-likeness (QED) is 0.537. The van der Waals surface area contributed by atoms with Gasteiger partial charge in [-0.3, -0.25) is 9.35 Å². The van der Waals surface area contributed by atoms with Crippen LogP contribution in [-0.2, 0) is 20.3 Å². The zero-order valence-corrected chi connectivity index (χ0v) is 14.4. The molecule has 0 aromatic heterocycles. The molecule has 0 aliphatic carbocycles. The van der Waals surface area contributed by atoms with E-state index in [0.717, 1.165) is 0 Å². The van der Waals surface area contributed by atoms with E-state index in [9.17, 15) is 13.2 Å². The third-order valence-corrected chi connectivity index (χ3v) is 4.34. The number of carbonyl (C=O) groups is 1. The van der Waals surface area contributed by atoms with Crippen molar-refractivity contribution in [1.82, 2.24) is 0 Å². The minimum atomic E-state index is -4.27. The molecule has 1 unspecified atom stereocenters. The van der Waals surface area contributed by atoms with Crippen molar-refractivity contribution < 1.29 is 48.7 Å². The van der Waals surface area contributed by atoms with Crippen molar-refractivity contribution in [2.45, 2.75) is 12.3 Å². The number of rotatable bonds is 2. The molecular weight excluding hydrogens is 301 g/mol. The predicted octanol–water partition coefficient (Wildman–Crippen LogP) is -1.42. The third kappa shape index (κ3) is 2.99. The minimum Gasteiger partial charge on any atom is -1.00 e. The normalized spacial score (nSPS) is 22.1. The van der Waals surface area contributed by atoms with Crippen LogP contribution in [0.1, 0.15) is 13.9 Å². The number of benzene rings is 1. The smallest absolute Gasteiger partial charge is 1.00 e. The van der Waals surface area contributed by atoms with Gasteiger partial charge in [-0.15, -0.1) is 0 Å². The Kier molecular flexibility index (Phi) is 4.77. The van der Waals surface area contributed by atoms with E-state index in [-0.39, 0.29) is 36.9 Å². The van der Waals surface area contributed by atoms with Crippen molar-refractivity contribution in [2.24, 2.45) is 0 Å². The van der Waals surface area contributed by atoms with Gasteiger partial charge >= 0.3 is 29.6 Å². The Morgan fingerprint density at radius 3 is 2.58 bits per heavy atom. The van der Waals surface area contributed by atoms with Crippen LogP contribution in [0.15, 0.2) is 18.2 Å². The maximum atomic E-state index is 12.2. The summed E-state index contributed by atoms with van der Waals surface area (Å²) in [5, 5.41) is 0.415. The monoisotopic (exact) mass is 313 g/mol. The molecule has 19 heavy (non-hydrogen) atoms. The van der Waals surface area contributed by atoms with E-state index in [1.807, 2.05) is 0 Å². The molecule has 1 aromatic carbocycles. The molecular formula is C11H13ClNNaO4S. The zero-order chi connectivity index (χ0) is 13.7. The molecule has 0 spiro atoms. The summed E-state index contributed by atoms with van der Waals surface area (Å²) in [4.78, 5) is 13.6. The second-order valence-corrected chi connectivity index (χ2v) is 6.47. The Morgan fingerprint density at radius 1 is 1.47 bits per heavy atom. The molecule has 1 aliphatic heterocycles. The molecule has 1 aromatic rings. The molecule has 1 aliphatic rings. The van der Waals surface area contributed by atoms with Gasteiger partial charge < -0.3 is 6.33 Å². The van der Waals surface area contributed by atoms with E-state index in [1.165, 1.54) is 11.8 Å². The molecule has 5 nitrogen and oxygen atoms in total. The fraction of sp³-hybridized carbons (Fsp3) is 0.364. The van der Waals surface area contributed by atoms with Crippen LogP contribution in [0, 0.1) is 0 Å². The average Bonchev–Trinajstić information content (AvgIpc) is 2.39. The van der Waals surface area contributed by atoms with Gasteiger partial charge in [0.1, 0.15) is 0 Å². The van der Waals surface area contributed by atoms with Crippen LogP contribution >= 0.6 is 11.6 Å². The van der Waals surface area contributed by atoms with Gasteiger partial charge in [0, 0.05) is 17.8 Å². The van der Waals surface area contributed by atoms with Crippen LogP contribution < -0.4 is 34.5 Å². The van der Waals surface area contributed by atoms with Crippen molar-refractivity contribution in [1.29, 1.82) is 0 Å². The van der Waals surface area contributed by atoms with Gasteiger partial charge in [0.15, 0.2) is 0 Å². The first-order valence-electron chi connectivity index (χ1n) is 5.18. The maximum Gasteiger partial charge on any atom is 1.00 e. The molecule has 0 saturated heterocycles. The Hall–Kier alpha value is -0.110. The predicted molar refractivity (Wildman–Crippen MR) is 69.7 cm³/mol. The summed E-state index contributed by atoms with van der Waals surface area (Å²) in [7, 11) is -2.71. The number of hydrogen-bond donors (Lipinski definition) is 1. The molecule has 1 heterocycles. The largest absolute Gasteiger partial charge is 1.00 e. The minimum absolute atomic E-state index is 0. The molecule has 0 bridgehead atoms. The first-order valence-corrected chi connectivity index (χ1v) is 7.17. The number of anilines is 1. The molecule has 8 heteroatoms. The number of hydrogen-bond acceptors (Lipinski definition) is 3. The van der Waals surface area contributed by atoms with E-state index < -0.39 is 21.3 Å². The van der Waals surface area contributed by atoms with Crippen LogP contribution in [0.2, 0.25) is 5.02 Å². The second kappa shape index (κ2) is 5.35. The Balaban J connectivity index is 0.00000180. The van der Waals surface area contributed by atoms with Gasteiger partial charge in [-0.1, -0.05) is 11.6 Å². The Labute approximate surface area is 140 Å². The molecule has 0 fully saturated rings. The SMILES string of the molecule is CN1C(=O)C(C)(CS(=O)(=O)O)c2cc(Cl)ccc21.[H-].[Na+]. The van der Waals surface area contributed by atoms with Gasteiger partial charge in [0.05, 0.1) is 11.2 Å². The molecule has 1 amide bonds. The first kappa shape index (κ1) is 16.9. The zero-order valence-electron chi connectivity index (χ0n) is 11.8. The Bertz CT molecular complexity index is 639. The van der Waals surface area contributed by atoms with E-state index in [4.69, 9.17) is 16.2 Å². The standard InChI is InChI=1S/C11H12ClNO4S.Na.H/c1-11(6-18(15,16)17)8-5-7(12)3-4-9(8)13(2)10(11)14;;/h3-5H,6H2,1-2H3,(H,15,16,17);;/q;+1;-1. The summed E-state index contributed by atoms with van der Waals surface area (Å²) in [5.41, 5.74) is -0.182. The van der Waals surface area contributed by atoms with Crippen molar-refractivity contribution >= 4 is 33.3 Å². The fourth-order valence-corrected chi connectivity index (χ4v) is 3.52. The first-order chi connectivity index (χ1) is 8.15. The number of likely N-dealkylation sites (N-methyl/N-ethyl adjacent to an activating group) is 1. The van der Waals surface area contributed by atoms with E-state index >= 15 is 0 Å². The summed E-state index contributed by atoms with van der Waals surface area (Å²) < 4.78 is 31.2. The van der Waals surface area contributed by atoms with E-state index in [2.05, 4.69) is 0 Å². The fourth-order valence-electron chi connectivity index (χ4n) is 2.34. The number of carbonyl (C=O) groups excluding carboxylic acids is 1. The summed E-state index contributed by atoms with van der Waals surface area (Å²) in [6.07, 6.45) is 0. The summed E-state index contributed by atoms with van der Waals surface area (Å²) in [6.45, 7) is 1.49. The van der Waals surface area contributed by atoms with Crippen molar-refractivity contribution in [3.05, 3.63) is 28.8 Å². The van der Waals surface area contributed by atoms with Crippen LogP contribution in [0.25, 0.3) is 0 Å². The molecule has 0 saturated carbocycles. The van der Waals surface area contributed by atoms with Gasteiger partial charge in [0.2, 0.25) is 5.91 Å². The van der Waals surface area contributed by atoms with Crippen molar-refractivity contribution in [2.75, 3.05) is 17.7 Å². The van der Waals surface area contributed by atoms with Gasteiger partial charge in [0.25, 0.3) is 10.1 Å². The van der Waals surface area contributed by atoms with Crippen LogP contribution in [0.5, 0.6) is 0 Å². The van der Waals surface area contributed by atoms with Crippen molar-refractivity contribution in [3.8, 4) is 0 Å².